The van der Waals surface area contributed by atoms with E-state index in [4.69, 9.17) is 15.3 Å². The van der Waals surface area contributed by atoms with Crippen LogP contribution in [-0.4, -0.2) is 147 Å². The molecule has 5 N–H and O–H groups in total. The summed E-state index contributed by atoms with van der Waals surface area (Å²) in [5, 5.41) is 43.5. The highest BCUT2D eigenvalue weighted by molar-refractivity contribution is 5.74. The third kappa shape index (κ3) is 21.3. The Morgan fingerprint density at radius 2 is 0.938 bits per heavy atom. The zero-order valence-corrected chi connectivity index (χ0v) is 43.6. The number of aliphatic carboxylic acids is 3. The standard InChI is InChI=1S/2C9H17NO2.C9H19N.C8H13N3O2.2C6H11N3/c2*1-9(2,3)10-6-4-5-7(10)8(11)12;1-8-6-5-7-10(8)9(2,3)4;1-8(2,3)7-9-5-11(10-7)4-6(12)13;2*1-6(2,3)5-7-4-8-9-5/h2*7H,4-6H2,1-3H3,(H,11,12);8H,5-7H2,1-4H3;5H,4H2,1-3H3,(H,12,13);2*4H,1-3H3,(H,7,8,9)/t2*7-;;;;/m10..../s1. The Bertz CT molecular complexity index is 1730. The van der Waals surface area contributed by atoms with Gasteiger partial charge in [0.05, 0.1) is 0 Å². The fourth-order valence-electron chi connectivity index (χ4n) is 7.57. The summed E-state index contributed by atoms with van der Waals surface area (Å²) in [5.41, 5.74) is 0.409. The molecule has 3 aliphatic heterocycles. The maximum absolute atomic E-state index is 10.8. The predicted octanol–water partition coefficient (Wildman–Crippen LogP) is 7.80. The Morgan fingerprint density at radius 3 is 1.14 bits per heavy atom. The number of nitrogens with zero attached hydrogens (tertiary/aromatic N) is 10. The molecule has 0 spiro atoms. The van der Waals surface area contributed by atoms with E-state index >= 15 is 0 Å². The first-order valence-corrected chi connectivity index (χ1v) is 23.1. The molecule has 0 saturated carbocycles. The minimum absolute atomic E-state index is 0.0143. The topological polar surface area (TPSA) is 235 Å². The van der Waals surface area contributed by atoms with Gasteiger partial charge in [-0.15, -0.1) is 0 Å². The van der Waals surface area contributed by atoms with E-state index in [-0.39, 0.29) is 46.0 Å². The lowest BCUT2D eigenvalue weighted by Crippen LogP contribution is -2.47. The van der Waals surface area contributed by atoms with Crippen molar-refractivity contribution in [1.82, 2.24) is 59.8 Å². The van der Waals surface area contributed by atoms with E-state index in [1.165, 1.54) is 43.1 Å². The van der Waals surface area contributed by atoms with Gasteiger partial charge in [0, 0.05) is 38.9 Å². The zero-order chi connectivity index (χ0) is 50.4. The Morgan fingerprint density at radius 1 is 0.569 bits per heavy atom. The molecule has 3 aromatic heterocycles. The second kappa shape index (κ2) is 24.5. The molecule has 3 atom stereocenters. The van der Waals surface area contributed by atoms with E-state index in [1.807, 2.05) is 20.8 Å². The third-order valence-electron chi connectivity index (χ3n) is 11.0. The van der Waals surface area contributed by atoms with Gasteiger partial charge in [-0.05, 0) is 127 Å². The van der Waals surface area contributed by atoms with Crippen molar-refractivity contribution < 1.29 is 29.7 Å². The molecule has 18 heteroatoms. The first-order chi connectivity index (χ1) is 29.5. The summed E-state index contributed by atoms with van der Waals surface area (Å²) in [5.74, 6) is 0.258. The van der Waals surface area contributed by atoms with E-state index in [0.717, 1.165) is 56.5 Å². The number of carboxylic acids is 3. The summed E-state index contributed by atoms with van der Waals surface area (Å²) in [4.78, 5) is 50.8. The minimum atomic E-state index is -0.912. The number of hydrogen-bond acceptors (Lipinski definition) is 12. The number of nitrogens with one attached hydrogen (secondary N) is 2. The van der Waals surface area contributed by atoms with Crippen molar-refractivity contribution in [1.29, 1.82) is 0 Å². The predicted molar refractivity (Wildman–Crippen MR) is 256 cm³/mol. The van der Waals surface area contributed by atoms with Crippen LogP contribution < -0.4 is 0 Å². The number of carboxylic acid groups (broad SMARTS) is 3. The van der Waals surface area contributed by atoms with Crippen LogP contribution in [0.4, 0.5) is 0 Å². The first kappa shape index (κ1) is 58.7. The lowest BCUT2D eigenvalue weighted by molar-refractivity contribution is -0.144. The van der Waals surface area contributed by atoms with E-state index in [9.17, 15) is 14.4 Å². The molecule has 372 valence electrons. The highest BCUT2D eigenvalue weighted by atomic mass is 16.4. The van der Waals surface area contributed by atoms with Gasteiger partial charge in [-0.25, -0.2) is 19.6 Å². The first-order valence-electron chi connectivity index (χ1n) is 23.1. The lowest BCUT2D eigenvalue weighted by atomic mass is 9.96. The molecule has 65 heavy (non-hydrogen) atoms. The summed E-state index contributed by atoms with van der Waals surface area (Å²) < 4.78 is 1.32. The number of likely N-dealkylation sites (tertiary alicyclic amines) is 3. The highest BCUT2D eigenvalue weighted by Crippen LogP contribution is 2.28. The van der Waals surface area contributed by atoms with Crippen LogP contribution in [0.5, 0.6) is 0 Å². The molecular formula is C47H88N12O6. The fraction of sp³-hybridized carbons (Fsp3) is 0.809. The van der Waals surface area contributed by atoms with Crippen LogP contribution in [0.3, 0.4) is 0 Å². The molecule has 6 rings (SSSR count). The van der Waals surface area contributed by atoms with Gasteiger partial charge in [-0.3, -0.25) is 39.3 Å². The Balaban J connectivity index is 0.000000392. The molecule has 0 bridgehead atoms. The maximum Gasteiger partial charge on any atom is 0.325 e. The molecule has 1 unspecified atom stereocenters. The number of aromatic nitrogens is 9. The summed E-state index contributed by atoms with van der Waals surface area (Å²) in [7, 11) is 0. The van der Waals surface area contributed by atoms with Crippen LogP contribution in [0, 0.1) is 0 Å². The van der Waals surface area contributed by atoms with Gasteiger partial charge in [0.25, 0.3) is 0 Å². The Hall–Kier alpha value is -4.29. The molecule has 3 aliphatic rings. The normalized spacial score (nSPS) is 19.8. The number of hydrogen-bond donors (Lipinski definition) is 5. The fourth-order valence-corrected chi connectivity index (χ4v) is 7.57. The average Bonchev–Trinajstić information content (AvgIpc) is 3.99. The monoisotopic (exact) mass is 917 g/mol. The minimum Gasteiger partial charge on any atom is -0.480 e. The smallest absolute Gasteiger partial charge is 0.325 e. The van der Waals surface area contributed by atoms with Crippen molar-refractivity contribution in [3.05, 3.63) is 36.5 Å². The molecular weight excluding hydrogens is 829 g/mol. The van der Waals surface area contributed by atoms with Crippen molar-refractivity contribution in [2.24, 2.45) is 0 Å². The maximum atomic E-state index is 10.8. The summed E-state index contributed by atoms with van der Waals surface area (Å²) >= 11 is 0. The van der Waals surface area contributed by atoms with Crippen molar-refractivity contribution in [3.8, 4) is 0 Å². The van der Waals surface area contributed by atoms with Crippen LogP contribution >= 0.6 is 0 Å². The molecule has 0 aliphatic carbocycles. The number of aromatic amines is 2. The molecule has 0 amide bonds. The molecule has 6 heterocycles. The van der Waals surface area contributed by atoms with E-state index in [2.05, 4.69) is 166 Å². The van der Waals surface area contributed by atoms with E-state index in [1.54, 1.807) is 0 Å². The highest BCUT2D eigenvalue weighted by Gasteiger charge is 2.38. The van der Waals surface area contributed by atoms with Gasteiger partial charge >= 0.3 is 17.9 Å². The molecule has 0 radical (unpaired) electrons. The molecule has 0 aromatic carbocycles. The zero-order valence-electron chi connectivity index (χ0n) is 43.6. The molecule has 18 nitrogen and oxygen atoms in total. The van der Waals surface area contributed by atoms with Gasteiger partial charge < -0.3 is 15.3 Å². The quantitative estimate of drug-likeness (QED) is 0.168. The van der Waals surface area contributed by atoms with Crippen molar-refractivity contribution >= 4 is 17.9 Å². The van der Waals surface area contributed by atoms with Crippen LogP contribution in [0.1, 0.15) is 188 Å². The summed E-state index contributed by atoms with van der Waals surface area (Å²) in [6.07, 6.45) is 10.9. The van der Waals surface area contributed by atoms with Crippen molar-refractivity contribution in [2.75, 3.05) is 19.6 Å². The Labute approximate surface area is 390 Å². The van der Waals surface area contributed by atoms with Crippen LogP contribution in [0.15, 0.2) is 19.0 Å². The van der Waals surface area contributed by atoms with Crippen molar-refractivity contribution in [3.63, 3.8) is 0 Å². The number of rotatable bonds is 4. The van der Waals surface area contributed by atoms with Gasteiger partial charge in [0.1, 0.15) is 49.3 Å². The van der Waals surface area contributed by atoms with Gasteiger partial charge in [0.2, 0.25) is 0 Å². The summed E-state index contributed by atoms with van der Waals surface area (Å²) in [6.45, 7) is 43.1. The summed E-state index contributed by atoms with van der Waals surface area (Å²) in [6, 6.07) is 0.287. The molecule has 3 fully saturated rings. The van der Waals surface area contributed by atoms with Gasteiger partial charge in [-0.1, -0.05) is 62.3 Å². The average molecular weight is 917 g/mol. The molecule has 3 aromatic rings. The van der Waals surface area contributed by atoms with E-state index in [0.29, 0.717) is 11.4 Å². The largest absolute Gasteiger partial charge is 0.480 e. The van der Waals surface area contributed by atoms with Crippen LogP contribution in [-0.2, 0) is 37.2 Å². The van der Waals surface area contributed by atoms with Crippen LogP contribution in [0.25, 0.3) is 0 Å². The third-order valence-corrected chi connectivity index (χ3v) is 11.0. The lowest BCUT2D eigenvalue weighted by Gasteiger charge is -2.35. The second-order valence-electron chi connectivity index (χ2n) is 23.2. The van der Waals surface area contributed by atoms with Gasteiger partial charge in [0.15, 0.2) is 5.82 Å². The Kier molecular flexibility index (Phi) is 22.1. The number of carbonyl (C=O) groups is 3. The van der Waals surface area contributed by atoms with Crippen molar-refractivity contribution in [2.45, 2.75) is 228 Å². The second-order valence-corrected chi connectivity index (χ2v) is 23.2. The van der Waals surface area contributed by atoms with Gasteiger partial charge in [-0.2, -0.15) is 15.3 Å². The van der Waals surface area contributed by atoms with E-state index < -0.39 is 17.9 Å². The molecule has 3 saturated heterocycles. The van der Waals surface area contributed by atoms with Crippen LogP contribution in [0.2, 0.25) is 0 Å². The number of H-pyrrole nitrogens is 2. The SMILES string of the molecule is CC(C)(C)N1CCC[C@@H]1C(=O)O.CC(C)(C)N1CCC[C@H]1C(=O)O.CC(C)(C)c1ncn(CC(=O)O)n1.CC(C)(C)c1ncn[nH]1.CC(C)(C)c1ncn[nH]1.CC1CCCN1C(C)(C)C.